The highest BCUT2D eigenvalue weighted by Gasteiger charge is 2.38. The molecular weight excluding hydrogens is 291 g/mol. The van der Waals surface area contributed by atoms with Crippen LogP contribution in [0.1, 0.15) is 16.8 Å². The molecule has 1 saturated heterocycles. The average Bonchev–Trinajstić information content (AvgIpc) is 2.81. The summed E-state index contributed by atoms with van der Waals surface area (Å²) in [5.41, 5.74) is 0.534. The summed E-state index contributed by atoms with van der Waals surface area (Å²) in [5.74, 6) is -1.32. The Morgan fingerprint density at radius 2 is 2.19 bits per heavy atom. The van der Waals surface area contributed by atoms with Crippen LogP contribution in [0.4, 0.5) is 5.69 Å². The normalized spacial score (nSPS) is 22.0. The van der Waals surface area contributed by atoms with Crippen LogP contribution in [0.5, 0.6) is 0 Å². The van der Waals surface area contributed by atoms with E-state index in [4.69, 9.17) is 5.11 Å². The largest absolute Gasteiger partial charge is 0.478 e. The van der Waals surface area contributed by atoms with E-state index in [0.717, 1.165) is 0 Å². The number of nitrogens with one attached hydrogen (secondary N) is 1. The Morgan fingerprint density at radius 3 is 2.81 bits per heavy atom. The number of hydrogen-bond donors (Lipinski definition) is 4. The van der Waals surface area contributed by atoms with Gasteiger partial charge in [0, 0.05) is 17.5 Å². The van der Waals surface area contributed by atoms with E-state index in [0.29, 0.717) is 18.7 Å². The zero-order valence-corrected chi connectivity index (χ0v) is 12.5. The molecule has 0 aliphatic carbocycles. The van der Waals surface area contributed by atoms with Gasteiger partial charge < -0.3 is 20.3 Å². The van der Waals surface area contributed by atoms with E-state index in [1.807, 2.05) is 0 Å². The molecule has 0 bridgehead atoms. The first-order chi connectivity index (χ1) is 9.88. The van der Waals surface area contributed by atoms with Gasteiger partial charge in [0.2, 0.25) is 5.91 Å². The molecule has 8 heteroatoms. The molecule has 3 N–H and O–H groups in total. The van der Waals surface area contributed by atoms with Crippen LogP contribution in [0.2, 0.25) is 6.82 Å². The van der Waals surface area contributed by atoms with E-state index in [1.54, 1.807) is 23.8 Å². The average molecular weight is 308 g/mol. The van der Waals surface area contributed by atoms with Gasteiger partial charge in [0.05, 0.1) is 11.6 Å². The number of carboxylic acid groups (broad SMARTS) is 1. The third-order valence-corrected chi connectivity index (χ3v) is 3.85. The van der Waals surface area contributed by atoms with Crippen molar-refractivity contribution in [3.05, 3.63) is 29.8 Å². The van der Waals surface area contributed by atoms with Crippen molar-refractivity contribution in [2.75, 3.05) is 11.9 Å². The van der Waals surface area contributed by atoms with Gasteiger partial charge in [-0.15, -0.1) is 0 Å². The fourth-order valence-corrected chi connectivity index (χ4v) is 2.85. The summed E-state index contributed by atoms with van der Waals surface area (Å²) in [5, 5.41) is 21.4. The molecule has 21 heavy (non-hydrogen) atoms. The Bertz CT molecular complexity index is 555. The molecule has 2 atom stereocenters. The summed E-state index contributed by atoms with van der Waals surface area (Å²) in [4.78, 5) is 24.9. The van der Waals surface area contributed by atoms with E-state index >= 15 is 0 Å². The molecule has 2 rings (SSSR count). The number of aromatic carboxylic acids is 1. The number of rotatable bonds is 4. The summed E-state index contributed by atoms with van der Waals surface area (Å²) >= 11 is 4.36. The number of nitrogens with zero attached hydrogens (tertiary/aromatic N) is 1. The van der Waals surface area contributed by atoms with Gasteiger partial charge >= 0.3 is 13.0 Å². The molecule has 0 unspecified atom stereocenters. The lowest BCUT2D eigenvalue weighted by atomic mass is 9.84. The number of benzene rings is 1. The monoisotopic (exact) mass is 308 g/mol. The predicted octanol–water partition coefficient (Wildman–Crippen LogP) is 0.806. The van der Waals surface area contributed by atoms with Gasteiger partial charge in [0.15, 0.2) is 0 Å². The van der Waals surface area contributed by atoms with Crippen molar-refractivity contribution >= 4 is 37.2 Å². The Morgan fingerprint density at radius 1 is 1.48 bits per heavy atom. The van der Waals surface area contributed by atoms with Gasteiger partial charge in [-0.3, -0.25) is 4.79 Å². The van der Waals surface area contributed by atoms with Crippen LogP contribution in [0.25, 0.3) is 0 Å². The highest BCUT2D eigenvalue weighted by Crippen LogP contribution is 2.24. The number of hydrogen-bond acceptors (Lipinski definition) is 5. The summed E-state index contributed by atoms with van der Waals surface area (Å²) in [6, 6.07) is 5.59. The summed E-state index contributed by atoms with van der Waals surface area (Å²) < 4.78 is 0. The molecule has 0 spiro atoms. The van der Waals surface area contributed by atoms with Gasteiger partial charge in [-0.2, -0.15) is 12.6 Å². The standard InChI is InChI=1S/C13H17BN2O4S/c1-14(20)16-7-10(21)6-11(16)12(17)15-9-4-2-3-8(5-9)13(18)19/h2-5,10-11,20-21H,6-7H2,1H3,(H,15,17)(H,18,19)/t10-,11-/m0/s1. The molecule has 1 aliphatic heterocycles. The lowest BCUT2D eigenvalue weighted by Gasteiger charge is -2.24. The highest BCUT2D eigenvalue weighted by atomic mass is 32.1. The molecule has 1 aromatic rings. The van der Waals surface area contributed by atoms with Gasteiger partial charge in [-0.25, -0.2) is 4.79 Å². The SMILES string of the molecule is CB(O)N1C[C@@H](S)C[C@H]1C(=O)Nc1cccc(C(=O)O)c1. The minimum absolute atomic E-state index is 0.0284. The fourth-order valence-electron chi connectivity index (χ4n) is 2.46. The highest BCUT2D eigenvalue weighted by molar-refractivity contribution is 7.81. The zero-order chi connectivity index (χ0) is 15.6. The first-order valence-electron chi connectivity index (χ1n) is 6.64. The van der Waals surface area contributed by atoms with Gasteiger partial charge in [-0.1, -0.05) is 6.07 Å². The maximum absolute atomic E-state index is 12.3. The molecule has 1 aliphatic rings. The van der Waals surface area contributed by atoms with Crippen molar-refractivity contribution in [2.24, 2.45) is 0 Å². The van der Waals surface area contributed by atoms with Crippen molar-refractivity contribution in [2.45, 2.75) is 24.5 Å². The summed E-state index contributed by atoms with van der Waals surface area (Å²) in [6.45, 7) is 2.14. The molecule has 0 aromatic heterocycles. The second-order valence-corrected chi connectivity index (χ2v) is 5.84. The zero-order valence-electron chi connectivity index (χ0n) is 11.6. The van der Waals surface area contributed by atoms with E-state index in [-0.39, 0.29) is 16.7 Å². The summed E-state index contributed by atoms with van der Waals surface area (Å²) in [6.07, 6.45) is 0.540. The van der Waals surface area contributed by atoms with Crippen LogP contribution in [0.15, 0.2) is 24.3 Å². The lowest BCUT2D eigenvalue weighted by Crippen LogP contribution is -2.46. The third-order valence-electron chi connectivity index (χ3n) is 3.48. The molecule has 0 saturated carbocycles. The van der Waals surface area contributed by atoms with E-state index in [2.05, 4.69) is 17.9 Å². The smallest absolute Gasteiger partial charge is 0.377 e. The minimum atomic E-state index is -1.05. The van der Waals surface area contributed by atoms with E-state index in [9.17, 15) is 14.6 Å². The van der Waals surface area contributed by atoms with Crippen LogP contribution in [0.3, 0.4) is 0 Å². The number of carboxylic acids is 1. The lowest BCUT2D eigenvalue weighted by molar-refractivity contribution is -0.119. The van der Waals surface area contributed by atoms with Gasteiger partial charge in [0.1, 0.15) is 0 Å². The minimum Gasteiger partial charge on any atom is -0.478 e. The van der Waals surface area contributed by atoms with Crippen LogP contribution >= 0.6 is 12.6 Å². The van der Waals surface area contributed by atoms with Crippen LogP contribution in [0, 0.1) is 0 Å². The topological polar surface area (TPSA) is 89.9 Å². The van der Waals surface area contributed by atoms with Crippen LogP contribution in [-0.4, -0.2) is 51.7 Å². The third kappa shape index (κ3) is 3.78. The molecule has 6 nitrogen and oxygen atoms in total. The maximum Gasteiger partial charge on any atom is 0.377 e. The van der Waals surface area contributed by atoms with Crippen molar-refractivity contribution in [1.29, 1.82) is 0 Å². The molecule has 1 amide bonds. The second kappa shape index (κ2) is 6.51. The fraction of sp³-hybridized carbons (Fsp3) is 0.385. The van der Waals surface area contributed by atoms with E-state index in [1.165, 1.54) is 12.1 Å². The summed E-state index contributed by atoms with van der Waals surface area (Å²) in [7, 11) is -0.733. The number of thiol groups is 1. The Balaban J connectivity index is 2.10. The molecule has 112 valence electrons. The number of carbonyl (C=O) groups excluding carboxylic acids is 1. The molecule has 0 radical (unpaired) electrons. The van der Waals surface area contributed by atoms with Gasteiger partial charge in [0.25, 0.3) is 0 Å². The molecule has 1 aromatic carbocycles. The van der Waals surface area contributed by atoms with Crippen LogP contribution in [-0.2, 0) is 4.79 Å². The molecule has 1 fully saturated rings. The Kier molecular flexibility index (Phi) is 4.92. The van der Waals surface area contributed by atoms with Crippen molar-refractivity contribution in [1.82, 2.24) is 4.81 Å². The predicted molar refractivity (Wildman–Crippen MR) is 83.8 cm³/mol. The molecular formula is C13H17BN2O4S. The number of anilines is 1. The quantitative estimate of drug-likeness (QED) is 0.488. The maximum atomic E-state index is 12.3. The number of amides is 1. The van der Waals surface area contributed by atoms with Crippen LogP contribution < -0.4 is 5.32 Å². The van der Waals surface area contributed by atoms with Crippen molar-refractivity contribution < 1.29 is 19.7 Å². The number of carbonyl (C=O) groups is 2. The second-order valence-electron chi connectivity index (χ2n) is 5.11. The first-order valence-corrected chi connectivity index (χ1v) is 7.16. The molecule has 1 heterocycles. The van der Waals surface area contributed by atoms with Crippen molar-refractivity contribution in [3.8, 4) is 0 Å². The van der Waals surface area contributed by atoms with Crippen molar-refractivity contribution in [3.63, 3.8) is 0 Å². The first kappa shape index (κ1) is 15.9. The Labute approximate surface area is 128 Å². The van der Waals surface area contributed by atoms with E-state index < -0.39 is 19.1 Å². The van der Waals surface area contributed by atoms with Gasteiger partial charge in [-0.05, 0) is 31.4 Å². The Hall–Kier alpha value is -1.51.